The summed E-state index contributed by atoms with van der Waals surface area (Å²) in [6.07, 6.45) is 3.76. The lowest BCUT2D eigenvalue weighted by Crippen LogP contribution is -2.32. The summed E-state index contributed by atoms with van der Waals surface area (Å²) in [5.41, 5.74) is -3.95. The van der Waals surface area contributed by atoms with Crippen LogP contribution in [0.3, 0.4) is 0 Å². The van der Waals surface area contributed by atoms with Crippen LogP contribution in [-0.2, 0) is 0 Å². The van der Waals surface area contributed by atoms with Crippen molar-refractivity contribution < 1.29 is 18.0 Å². The number of amides is 2. The first kappa shape index (κ1) is 21.5. The van der Waals surface area contributed by atoms with Gasteiger partial charge in [-0.2, -0.15) is 13.2 Å². The van der Waals surface area contributed by atoms with Gasteiger partial charge in [-0.15, -0.1) is 0 Å². The van der Waals surface area contributed by atoms with Crippen LogP contribution in [0.5, 0.6) is 0 Å². The molecule has 0 saturated heterocycles. The van der Waals surface area contributed by atoms with Crippen LogP contribution in [0.25, 0.3) is 5.82 Å². The van der Waals surface area contributed by atoms with E-state index in [1.165, 1.54) is 24.3 Å². The molecule has 2 aromatic heterocycles. The third kappa shape index (κ3) is 6.69. The lowest BCUT2D eigenvalue weighted by molar-refractivity contribution is -0.0328. The molecule has 158 valence electrons. The molecule has 3 rings (SSSR count). The predicted molar refractivity (Wildman–Crippen MR) is 110 cm³/mol. The van der Waals surface area contributed by atoms with Gasteiger partial charge in [0.15, 0.2) is 0 Å². The predicted octanol–water partition coefficient (Wildman–Crippen LogP) is 4.42. The van der Waals surface area contributed by atoms with Crippen molar-refractivity contribution in [3.8, 4) is 5.82 Å². The molecule has 0 aliphatic heterocycles. The Morgan fingerprint density at radius 3 is 2.47 bits per heavy atom. The Balaban J connectivity index is 1.44. The van der Waals surface area contributed by atoms with Crippen molar-refractivity contribution >= 4 is 29.3 Å². The fourth-order valence-corrected chi connectivity index (χ4v) is 3.08. The molecule has 0 aliphatic carbocycles. The zero-order chi connectivity index (χ0) is 21.6. The molecule has 30 heavy (non-hydrogen) atoms. The highest BCUT2D eigenvalue weighted by atomic mass is 32.2. The Morgan fingerprint density at radius 1 is 1.10 bits per heavy atom. The quantitative estimate of drug-likeness (QED) is 0.377. The number of anilines is 2. The van der Waals surface area contributed by atoms with Crippen LogP contribution in [0.4, 0.5) is 29.5 Å². The van der Waals surface area contributed by atoms with Gasteiger partial charge in [0.1, 0.15) is 17.5 Å². The average molecular weight is 436 g/mol. The molecule has 0 fully saturated rings. The van der Waals surface area contributed by atoms with Gasteiger partial charge in [-0.3, -0.25) is 0 Å². The lowest BCUT2D eigenvalue weighted by atomic mass is 10.3. The summed E-state index contributed by atoms with van der Waals surface area (Å²) in [7, 11) is 0. The zero-order valence-electron chi connectivity index (χ0n) is 15.9. The number of rotatable bonds is 7. The molecular weight excluding hydrogens is 417 g/mol. The second kappa shape index (κ2) is 9.53. The molecule has 1 aromatic carbocycles. The van der Waals surface area contributed by atoms with Gasteiger partial charge in [-0.1, -0.05) is 0 Å². The highest BCUT2D eigenvalue weighted by Gasteiger charge is 2.29. The number of aromatic nitrogens is 3. The smallest absolute Gasteiger partial charge is 0.368 e. The molecule has 2 heterocycles. The van der Waals surface area contributed by atoms with Crippen molar-refractivity contribution in [2.24, 2.45) is 0 Å². The Kier molecular flexibility index (Phi) is 6.83. The van der Waals surface area contributed by atoms with E-state index in [0.29, 0.717) is 30.4 Å². The van der Waals surface area contributed by atoms with Crippen LogP contribution < -0.4 is 16.0 Å². The highest BCUT2D eigenvalue weighted by Crippen LogP contribution is 2.37. The molecule has 11 heteroatoms. The number of alkyl halides is 3. The zero-order valence-corrected chi connectivity index (χ0v) is 16.7. The Hall–Kier alpha value is -3.21. The molecular formula is C19H19F3N6OS. The fraction of sp³-hybridized carbons (Fsp3) is 0.211. The van der Waals surface area contributed by atoms with E-state index in [1.54, 1.807) is 13.0 Å². The number of carbonyl (C=O) groups is 1. The molecule has 0 radical (unpaired) electrons. The molecule has 2 amide bonds. The first-order chi connectivity index (χ1) is 14.3. The van der Waals surface area contributed by atoms with Crippen molar-refractivity contribution in [3.05, 3.63) is 60.7 Å². The third-order valence-electron chi connectivity index (χ3n) is 3.76. The SMILES string of the molecule is Cc1nc(NCCNC(=O)Nc2ccc(SC(F)(F)F)cc2)cc(-n2cccc2)n1. The van der Waals surface area contributed by atoms with E-state index in [4.69, 9.17) is 0 Å². The second-order valence-corrected chi connectivity index (χ2v) is 7.27. The summed E-state index contributed by atoms with van der Waals surface area (Å²) in [6, 6.07) is 10.6. The van der Waals surface area contributed by atoms with Crippen LogP contribution in [0, 0.1) is 6.92 Å². The first-order valence-corrected chi connectivity index (χ1v) is 9.74. The first-order valence-electron chi connectivity index (χ1n) is 8.92. The van der Waals surface area contributed by atoms with Crippen LogP contribution in [0.1, 0.15) is 5.82 Å². The van der Waals surface area contributed by atoms with Gasteiger partial charge in [-0.25, -0.2) is 14.8 Å². The van der Waals surface area contributed by atoms with Crippen LogP contribution in [-0.4, -0.2) is 39.2 Å². The Labute approximate surface area is 175 Å². The monoisotopic (exact) mass is 436 g/mol. The van der Waals surface area contributed by atoms with Gasteiger partial charge in [0.05, 0.1) is 0 Å². The fourth-order valence-electron chi connectivity index (χ4n) is 2.54. The Bertz CT molecular complexity index is 977. The van der Waals surface area contributed by atoms with Gasteiger partial charge in [-0.05, 0) is 55.1 Å². The normalized spacial score (nSPS) is 11.2. The minimum Gasteiger partial charge on any atom is -0.368 e. The highest BCUT2D eigenvalue weighted by molar-refractivity contribution is 8.00. The van der Waals surface area contributed by atoms with Crippen LogP contribution >= 0.6 is 11.8 Å². The minimum absolute atomic E-state index is 0.0529. The Morgan fingerprint density at radius 2 is 1.80 bits per heavy atom. The number of benzene rings is 1. The average Bonchev–Trinajstić information content (AvgIpc) is 3.20. The molecule has 0 bridgehead atoms. The summed E-state index contributed by atoms with van der Waals surface area (Å²) in [5.74, 6) is 1.97. The molecule has 7 nitrogen and oxygen atoms in total. The van der Waals surface area contributed by atoms with Crippen molar-refractivity contribution in [3.63, 3.8) is 0 Å². The van der Waals surface area contributed by atoms with Crippen molar-refractivity contribution in [2.45, 2.75) is 17.3 Å². The summed E-state index contributed by atoms with van der Waals surface area (Å²) in [5, 5.41) is 8.35. The van der Waals surface area contributed by atoms with E-state index >= 15 is 0 Å². The molecule has 0 spiro atoms. The minimum atomic E-state index is -4.34. The van der Waals surface area contributed by atoms with Gasteiger partial charge < -0.3 is 20.5 Å². The maximum atomic E-state index is 12.3. The maximum absolute atomic E-state index is 12.3. The summed E-state index contributed by atoms with van der Waals surface area (Å²) in [4.78, 5) is 20.7. The van der Waals surface area contributed by atoms with Crippen LogP contribution in [0.15, 0.2) is 59.8 Å². The second-order valence-electron chi connectivity index (χ2n) is 6.13. The molecule has 0 unspecified atom stereocenters. The molecule has 0 saturated carbocycles. The van der Waals surface area contributed by atoms with E-state index in [2.05, 4.69) is 25.9 Å². The van der Waals surface area contributed by atoms with Crippen molar-refractivity contribution in [2.75, 3.05) is 23.7 Å². The number of urea groups is 1. The maximum Gasteiger partial charge on any atom is 0.446 e. The standard InChI is InChI=1S/C19H19F3N6OS/c1-13-25-16(12-17(26-13)28-10-2-3-11-28)23-8-9-24-18(29)27-14-4-6-15(7-5-14)30-19(20,21)22/h2-7,10-12H,8-9H2,1H3,(H,23,25,26)(H2,24,27,29). The molecule has 3 N–H and O–H groups in total. The number of thioether (sulfide) groups is 1. The van der Waals surface area contributed by atoms with Crippen molar-refractivity contribution in [1.82, 2.24) is 19.9 Å². The number of carbonyl (C=O) groups excluding carboxylic acids is 1. The number of aryl methyl sites for hydroxylation is 1. The van der Waals surface area contributed by atoms with Gasteiger partial charge in [0.25, 0.3) is 0 Å². The molecule has 0 atom stereocenters. The van der Waals surface area contributed by atoms with E-state index < -0.39 is 11.5 Å². The number of nitrogens with zero attached hydrogens (tertiary/aromatic N) is 3. The summed E-state index contributed by atoms with van der Waals surface area (Å²) < 4.78 is 38.9. The third-order valence-corrected chi connectivity index (χ3v) is 4.50. The number of hydrogen-bond acceptors (Lipinski definition) is 5. The number of hydrogen-bond donors (Lipinski definition) is 3. The lowest BCUT2D eigenvalue weighted by Gasteiger charge is -2.11. The summed E-state index contributed by atoms with van der Waals surface area (Å²) >= 11 is -0.204. The van der Waals surface area contributed by atoms with E-state index in [0.717, 1.165) is 5.82 Å². The van der Waals surface area contributed by atoms with Gasteiger partial charge in [0, 0.05) is 42.1 Å². The van der Waals surface area contributed by atoms with E-state index in [9.17, 15) is 18.0 Å². The topological polar surface area (TPSA) is 83.9 Å². The van der Waals surface area contributed by atoms with Crippen molar-refractivity contribution in [1.29, 1.82) is 0 Å². The van der Waals surface area contributed by atoms with Crippen LogP contribution in [0.2, 0.25) is 0 Å². The summed E-state index contributed by atoms with van der Waals surface area (Å²) in [6.45, 7) is 2.54. The van der Waals surface area contributed by atoms with Gasteiger partial charge >= 0.3 is 11.5 Å². The number of halogens is 3. The van der Waals surface area contributed by atoms with Gasteiger partial charge in [0.2, 0.25) is 0 Å². The van der Waals surface area contributed by atoms with E-state index in [-0.39, 0.29) is 16.7 Å². The number of nitrogens with one attached hydrogen (secondary N) is 3. The molecule has 3 aromatic rings. The molecule has 0 aliphatic rings. The largest absolute Gasteiger partial charge is 0.446 e. The van der Waals surface area contributed by atoms with E-state index in [1.807, 2.05) is 29.1 Å².